The first-order valence-electron chi connectivity index (χ1n) is 13.7. The van der Waals surface area contributed by atoms with Gasteiger partial charge in [-0.15, -0.1) is 0 Å². The Morgan fingerprint density at radius 3 is 2.60 bits per heavy atom. The number of hydrogen-bond donors (Lipinski definition) is 2. The molecule has 0 amide bonds. The molecular formula is C30H30ClF2N5O2. The molecule has 1 aromatic heterocycles. The lowest BCUT2D eigenvalue weighted by Crippen LogP contribution is -2.51. The zero-order valence-corrected chi connectivity index (χ0v) is 22.8. The van der Waals surface area contributed by atoms with E-state index in [1.54, 1.807) is 12.1 Å². The number of phenolic OH excluding ortho intramolecular Hbond substituents is 1. The Kier molecular flexibility index (Phi) is 6.40. The van der Waals surface area contributed by atoms with Crippen LogP contribution >= 0.6 is 11.6 Å². The van der Waals surface area contributed by atoms with Crippen molar-refractivity contribution in [3.8, 4) is 22.9 Å². The molecule has 0 radical (unpaired) electrons. The number of alkyl halides is 1. The van der Waals surface area contributed by atoms with Crippen LogP contribution in [0.15, 0.2) is 42.5 Å². The number of benzene rings is 3. The summed E-state index contributed by atoms with van der Waals surface area (Å²) >= 11 is 6.81. The number of nitrogens with one attached hydrogen (secondary N) is 1. The summed E-state index contributed by atoms with van der Waals surface area (Å²) < 4.78 is 36.6. The molecule has 7 rings (SSSR count). The molecule has 0 spiro atoms. The summed E-state index contributed by atoms with van der Waals surface area (Å²) in [5, 5.41) is 16.3. The number of aromatic nitrogens is 2. The highest BCUT2D eigenvalue weighted by Gasteiger charge is 2.35. The van der Waals surface area contributed by atoms with Gasteiger partial charge in [0.1, 0.15) is 29.9 Å². The molecule has 3 unspecified atom stereocenters. The van der Waals surface area contributed by atoms with Crippen molar-refractivity contribution in [3.63, 3.8) is 0 Å². The first kappa shape index (κ1) is 25.7. The van der Waals surface area contributed by atoms with Gasteiger partial charge in [-0.2, -0.15) is 9.97 Å². The number of fused-ring (bicyclic) bond motifs is 4. The Hall–Kier alpha value is -3.27. The molecule has 208 valence electrons. The highest BCUT2D eigenvalue weighted by Crippen LogP contribution is 2.43. The number of likely N-dealkylation sites (tertiary alicyclic amines) is 1. The zero-order valence-electron chi connectivity index (χ0n) is 22.1. The normalized spacial score (nSPS) is 24.9. The first-order valence-corrected chi connectivity index (χ1v) is 14.1. The molecule has 0 saturated carbocycles. The van der Waals surface area contributed by atoms with Gasteiger partial charge in [0.15, 0.2) is 5.82 Å². The number of aromatic hydroxyl groups is 1. The minimum atomic E-state index is -0.901. The molecule has 4 atom stereocenters. The van der Waals surface area contributed by atoms with Crippen molar-refractivity contribution in [1.29, 1.82) is 0 Å². The van der Waals surface area contributed by atoms with Crippen molar-refractivity contribution in [2.75, 3.05) is 38.2 Å². The molecule has 0 aliphatic carbocycles. The van der Waals surface area contributed by atoms with Crippen LogP contribution in [0.25, 0.3) is 32.8 Å². The first-order chi connectivity index (χ1) is 19.3. The van der Waals surface area contributed by atoms with Gasteiger partial charge in [-0.25, -0.2) is 8.78 Å². The van der Waals surface area contributed by atoms with Gasteiger partial charge in [0.25, 0.3) is 0 Å². The number of hydrogen-bond acceptors (Lipinski definition) is 7. The second-order valence-electron chi connectivity index (χ2n) is 11.3. The maximum atomic E-state index is 16.6. The number of ether oxygens (including phenoxy) is 1. The average molecular weight is 566 g/mol. The van der Waals surface area contributed by atoms with Gasteiger partial charge < -0.3 is 20.1 Å². The third-order valence-corrected chi connectivity index (χ3v) is 8.81. The van der Waals surface area contributed by atoms with Crippen LogP contribution in [0.1, 0.15) is 19.3 Å². The van der Waals surface area contributed by atoms with Gasteiger partial charge in [-0.3, -0.25) is 4.90 Å². The van der Waals surface area contributed by atoms with Crippen molar-refractivity contribution in [3.05, 3.63) is 53.3 Å². The molecule has 2 N–H and O–H groups in total. The van der Waals surface area contributed by atoms with Crippen LogP contribution in [-0.2, 0) is 0 Å². The van der Waals surface area contributed by atoms with Gasteiger partial charge in [0.2, 0.25) is 0 Å². The summed E-state index contributed by atoms with van der Waals surface area (Å²) in [5.74, 6) is -0.0128. The van der Waals surface area contributed by atoms with Gasteiger partial charge in [0, 0.05) is 48.7 Å². The van der Waals surface area contributed by atoms with E-state index in [1.807, 2.05) is 36.2 Å². The van der Waals surface area contributed by atoms with E-state index < -0.39 is 12.0 Å². The molecule has 4 heterocycles. The summed E-state index contributed by atoms with van der Waals surface area (Å²) in [6.45, 7) is 2.02. The number of anilines is 1. The summed E-state index contributed by atoms with van der Waals surface area (Å²) in [6.07, 6.45) is 1.63. The predicted molar refractivity (Wildman–Crippen MR) is 153 cm³/mol. The molecule has 3 aliphatic rings. The summed E-state index contributed by atoms with van der Waals surface area (Å²) in [6, 6.07) is 12.9. The van der Waals surface area contributed by atoms with E-state index in [2.05, 4.69) is 15.2 Å². The van der Waals surface area contributed by atoms with Crippen LogP contribution in [-0.4, -0.2) is 77.6 Å². The predicted octanol–water partition coefficient (Wildman–Crippen LogP) is 5.31. The van der Waals surface area contributed by atoms with Gasteiger partial charge in [-0.05, 0) is 60.8 Å². The number of halogens is 3. The van der Waals surface area contributed by atoms with Gasteiger partial charge in [-0.1, -0.05) is 35.9 Å². The number of piperazine rings is 1. The monoisotopic (exact) mass is 565 g/mol. The number of rotatable bonds is 5. The fraction of sp³-hybridized carbons (Fsp3) is 0.400. The van der Waals surface area contributed by atoms with E-state index in [4.69, 9.17) is 21.3 Å². The van der Waals surface area contributed by atoms with E-state index in [0.29, 0.717) is 41.8 Å². The Morgan fingerprint density at radius 2 is 1.85 bits per heavy atom. The van der Waals surface area contributed by atoms with Gasteiger partial charge in [0.05, 0.1) is 5.02 Å². The maximum Gasteiger partial charge on any atom is 0.319 e. The van der Waals surface area contributed by atoms with E-state index in [0.717, 1.165) is 36.7 Å². The van der Waals surface area contributed by atoms with Crippen molar-refractivity contribution in [2.24, 2.45) is 0 Å². The third-order valence-electron chi connectivity index (χ3n) is 8.52. The quantitative estimate of drug-likeness (QED) is 0.340. The lowest BCUT2D eigenvalue weighted by molar-refractivity contribution is 0.188. The van der Waals surface area contributed by atoms with E-state index in [-0.39, 0.29) is 40.5 Å². The smallest absolute Gasteiger partial charge is 0.319 e. The molecule has 3 saturated heterocycles. The average Bonchev–Trinajstić information content (AvgIpc) is 3.45. The number of likely N-dealkylation sites (N-methyl/N-ethyl adjacent to an activating group) is 1. The highest BCUT2D eigenvalue weighted by molar-refractivity contribution is 6.35. The molecule has 40 heavy (non-hydrogen) atoms. The number of nitrogens with zero attached hydrogens (tertiary/aromatic N) is 4. The van der Waals surface area contributed by atoms with Crippen LogP contribution in [0.3, 0.4) is 0 Å². The highest BCUT2D eigenvalue weighted by atomic mass is 35.5. The molecule has 3 aromatic carbocycles. The van der Waals surface area contributed by atoms with Crippen LogP contribution in [0, 0.1) is 5.82 Å². The van der Waals surface area contributed by atoms with E-state index in [1.165, 1.54) is 6.07 Å². The standard InChI is InChI=1S/C30H30ClF2N5O2/c1-37-12-17(32)9-20(37)15-40-30-35-28-24(29(36-30)38-13-18-6-7-19(14-38)34-18)11-25(31)26(27(28)33)23-10-21(39)8-16-4-2-3-5-22(16)23/h2-5,8,10-11,17-20,34,39H,6-7,9,12-15H2,1H3/t17?,18?,19?,20-/m0/s1. The lowest BCUT2D eigenvalue weighted by atomic mass is 9.96. The Balaban J connectivity index is 1.37. The van der Waals surface area contributed by atoms with Gasteiger partial charge >= 0.3 is 6.01 Å². The molecule has 3 fully saturated rings. The summed E-state index contributed by atoms with van der Waals surface area (Å²) in [5.41, 5.74) is 0.735. The molecule has 4 aromatic rings. The Labute approximate surface area is 235 Å². The lowest BCUT2D eigenvalue weighted by Gasteiger charge is -2.34. The van der Waals surface area contributed by atoms with Crippen molar-refractivity contribution >= 4 is 39.1 Å². The van der Waals surface area contributed by atoms with E-state index in [9.17, 15) is 9.50 Å². The minimum Gasteiger partial charge on any atom is -0.508 e. The third kappa shape index (κ3) is 4.50. The van der Waals surface area contributed by atoms with Crippen molar-refractivity contribution < 1.29 is 18.6 Å². The fourth-order valence-electron chi connectivity index (χ4n) is 6.56. The van der Waals surface area contributed by atoms with Crippen LogP contribution in [0.2, 0.25) is 5.02 Å². The molecule has 7 nitrogen and oxygen atoms in total. The zero-order chi connectivity index (χ0) is 27.5. The second-order valence-corrected chi connectivity index (χ2v) is 11.7. The number of phenols is 1. The maximum absolute atomic E-state index is 16.6. The Bertz CT molecular complexity index is 1610. The van der Waals surface area contributed by atoms with Crippen LogP contribution < -0.4 is 15.0 Å². The van der Waals surface area contributed by atoms with Crippen LogP contribution in [0.5, 0.6) is 11.8 Å². The SMILES string of the molecule is CN1CC(F)C[C@H]1COc1nc(N2CC3CCC(C2)N3)c2cc(Cl)c(-c3cc(O)cc4ccccc34)c(F)c2n1. The molecule has 3 aliphatic heterocycles. The largest absolute Gasteiger partial charge is 0.508 e. The topological polar surface area (TPSA) is 73.8 Å². The summed E-state index contributed by atoms with van der Waals surface area (Å²) in [7, 11) is 1.87. The Morgan fingerprint density at radius 1 is 1.07 bits per heavy atom. The van der Waals surface area contributed by atoms with Crippen LogP contribution in [0.4, 0.5) is 14.6 Å². The molecule has 2 bridgehead atoms. The fourth-order valence-corrected chi connectivity index (χ4v) is 6.86. The molecule has 10 heteroatoms. The van der Waals surface area contributed by atoms with E-state index >= 15 is 4.39 Å². The second kappa shape index (κ2) is 9.98. The molecular weight excluding hydrogens is 536 g/mol. The summed E-state index contributed by atoms with van der Waals surface area (Å²) in [4.78, 5) is 13.4. The van der Waals surface area contributed by atoms with Crippen molar-refractivity contribution in [1.82, 2.24) is 20.2 Å². The minimum absolute atomic E-state index is 0.0137. The van der Waals surface area contributed by atoms with Crippen molar-refractivity contribution in [2.45, 2.75) is 43.6 Å².